The Kier molecular flexibility index (Phi) is 10.6. The lowest BCUT2D eigenvalue weighted by Gasteiger charge is -2.44. The van der Waals surface area contributed by atoms with Gasteiger partial charge in [0.2, 0.25) is 0 Å². The van der Waals surface area contributed by atoms with E-state index in [1.54, 1.807) is 0 Å². The van der Waals surface area contributed by atoms with Gasteiger partial charge in [-0.25, -0.2) is 0 Å². The van der Waals surface area contributed by atoms with Crippen LogP contribution in [0.25, 0.3) is 0 Å². The maximum absolute atomic E-state index is 7.15. The molecule has 0 aromatic heterocycles. The highest BCUT2D eigenvalue weighted by Gasteiger charge is 2.54. The predicted octanol–water partition coefficient (Wildman–Crippen LogP) is 8.73. The van der Waals surface area contributed by atoms with Crippen LogP contribution in [0.1, 0.15) is 67.9 Å². The van der Waals surface area contributed by atoms with E-state index in [1.807, 2.05) is 18.2 Å². The van der Waals surface area contributed by atoms with E-state index >= 15 is 0 Å². The van der Waals surface area contributed by atoms with Crippen LogP contribution in [0.2, 0.25) is 54.4 Å². The van der Waals surface area contributed by atoms with E-state index in [-0.39, 0.29) is 33.4 Å². The Morgan fingerprint density at radius 1 is 0.658 bits per heavy atom. The molecule has 1 aliphatic rings. The fourth-order valence-corrected chi connectivity index (χ4v) is 7.13. The zero-order valence-corrected chi connectivity index (χ0v) is 30.2. The van der Waals surface area contributed by atoms with Crippen LogP contribution in [-0.2, 0) is 29.4 Å². The van der Waals surface area contributed by atoms with Crippen LogP contribution >= 0.6 is 0 Å². The molecule has 1 aromatic carbocycles. The van der Waals surface area contributed by atoms with Gasteiger partial charge in [-0.05, 0) is 60.0 Å². The number of benzene rings is 1. The molecule has 0 unspecified atom stereocenters. The van der Waals surface area contributed by atoms with E-state index in [0.717, 1.165) is 5.56 Å². The first-order valence-electron chi connectivity index (χ1n) is 14.3. The molecule has 5 nitrogen and oxygen atoms in total. The smallest absolute Gasteiger partial charge is 0.192 e. The quantitative estimate of drug-likeness (QED) is 0.258. The Bertz CT molecular complexity index is 882. The van der Waals surface area contributed by atoms with Crippen LogP contribution in [-0.4, -0.2) is 56.2 Å². The zero-order chi connectivity index (χ0) is 29.4. The SMILES string of the molecule is CC(C)(C)[Si](C)(C)OC[C@H]1O[C@@H](OCc2ccccc2)[C@H](O[Si](C)(C)C(C)(C)C)[C@@H]1O[Si](C)(C)C(C)(C)C. The third-order valence-corrected chi connectivity index (χ3v) is 22.9. The molecule has 0 N–H and O–H groups in total. The molecule has 0 radical (unpaired) electrons. The second kappa shape index (κ2) is 11.9. The molecule has 2 rings (SSSR count). The summed E-state index contributed by atoms with van der Waals surface area (Å²) in [4.78, 5) is 0. The molecular weight excluding hydrogens is 525 g/mol. The first-order chi connectivity index (χ1) is 17.0. The van der Waals surface area contributed by atoms with Crippen molar-refractivity contribution in [3.8, 4) is 0 Å². The molecule has 1 aromatic rings. The van der Waals surface area contributed by atoms with Crippen molar-refractivity contribution in [1.29, 1.82) is 0 Å². The average molecular weight is 583 g/mol. The van der Waals surface area contributed by atoms with Gasteiger partial charge in [-0.1, -0.05) is 92.6 Å². The van der Waals surface area contributed by atoms with E-state index in [0.29, 0.717) is 13.2 Å². The normalized spacial score (nSPS) is 24.2. The highest BCUT2D eigenvalue weighted by molar-refractivity contribution is 6.75. The molecule has 220 valence electrons. The molecule has 38 heavy (non-hydrogen) atoms. The number of hydrogen-bond acceptors (Lipinski definition) is 5. The molecule has 4 atom stereocenters. The molecule has 1 heterocycles. The largest absolute Gasteiger partial charge is 0.414 e. The molecule has 0 amide bonds. The third-order valence-electron chi connectivity index (χ3n) is 9.41. The minimum absolute atomic E-state index is 0.0498. The van der Waals surface area contributed by atoms with E-state index < -0.39 is 31.2 Å². The first kappa shape index (κ1) is 33.9. The van der Waals surface area contributed by atoms with Crippen molar-refractivity contribution in [2.75, 3.05) is 6.61 Å². The molecule has 8 heteroatoms. The van der Waals surface area contributed by atoms with Crippen molar-refractivity contribution < 1.29 is 22.8 Å². The summed E-state index contributed by atoms with van der Waals surface area (Å²) in [6, 6.07) is 10.3. The zero-order valence-electron chi connectivity index (χ0n) is 27.2. The number of ether oxygens (including phenoxy) is 2. The summed E-state index contributed by atoms with van der Waals surface area (Å²) >= 11 is 0. The monoisotopic (exact) mass is 582 g/mol. The van der Waals surface area contributed by atoms with Crippen molar-refractivity contribution in [3.05, 3.63) is 35.9 Å². The van der Waals surface area contributed by atoms with Crippen LogP contribution in [0, 0.1) is 0 Å². The molecule has 1 aliphatic heterocycles. The molecule has 0 saturated carbocycles. The fourth-order valence-electron chi connectivity index (χ4n) is 3.52. The molecular formula is C30H58O5Si3. The van der Waals surface area contributed by atoms with Gasteiger partial charge in [-0.2, -0.15) is 0 Å². The molecule has 1 fully saturated rings. The minimum Gasteiger partial charge on any atom is -0.414 e. The fraction of sp³-hybridized carbons (Fsp3) is 0.800. The van der Waals surface area contributed by atoms with Crippen molar-refractivity contribution >= 4 is 25.0 Å². The first-order valence-corrected chi connectivity index (χ1v) is 23.0. The lowest BCUT2D eigenvalue weighted by atomic mass is 10.1. The topological polar surface area (TPSA) is 46.2 Å². The van der Waals surface area contributed by atoms with Crippen LogP contribution in [0.15, 0.2) is 30.3 Å². The second-order valence-corrected chi connectivity index (χ2v) is 29.9. The Balaban J connectivity index is 2.46. The van der Waals surface area contributed by atoms with Crippen LogP contribution in [0.4, 0.5) is 0 Å². The second-order valence-electron chi connectivity index (χ2n) is 15.6. The predicted molar refractivity (Wildman–Crippen MR) is 167 cm³/mol. The maximum atomic E-state index is 7.15. The van der Waals surface area contributed by atoms with Gasteiger partial charge in [0, 0.05) is 0 Å². The minimum atomic E-state index is -2.16. The van der Waals surface area contributed by atoms with Crippen molar-refractivity contribution in [3.63, 3.8) is 0 Å². The average Bonchev–Trinajstić information content (AvgIpc) is 3.04. The maximum Gasteiger partial charge on any atom is 0.192 e. The third kappa shape index (κ3) is 8.35. The lowest BCUT2D eigenvalue weighted by molar-refractivity contribution is -0.172. The summed E-state index contributed by atoms with van der Waals surface area (Å²) in [5.74, 6) is 0. The summed E-state index contributed by atoms with van der Waals surface area (Å²) in [7, 11) is -6.29. The Labute approximate surface area is 237 Å². The van der Waals surface area contributed by atoms with Gasteiger partial charge in [0.05, 0.1) is 13.2 Å². The highest BCUT2D eigenvalue weighted by atomic mass is 28.4. The number of rotatable bonds is 10. The van der Waals surface area contributed by atoms with E-state index in [1.165, 1.54) is 0 Å². The van der Waals surface area contributed by atoms with Crippen molar-refractivity contribution in [2.24, 2.45) is 0 Å². The van der Waals surface area contributed by atoms with Crippen LogP contribution in [0.3, 0.4) is 0 Å². The summed E-state index contributed by atoms with van der Waals surface area (Å²) in [6.07, 6.45) is -1.35. The molecule has 1 saturated heterocycles. The van der Waals surface area contributed by atoms with Crippen molar-refractivity contribution in [2.45, 2.75) is 148 Å². The molecule has 0 bridgehead atoms. The standard InChI is InChI=1S/C30H58O5Si3/c1-28(2,3)36(10,11)32-22-24-25(34-37(12,13)29(4,5)6)26(35-38(14,15)30(7,8)9)27(33-24)31-21-23-19-17-16-18-20-23/h16-20,24-27H,21-22H2,1-15H3/t24-,25-,26-,27-/m1/s1. The summed E-state index contributed by atoms with van der Waals surface area (Å²) in [6.45, 7) is 35.2. The van der Waals surface area contributed by atoms with Gasteiger partial charge < -0.3 is 22.8 Å². The van der Waals surface area contributed by atoms with Crippen LogP contribution in [0.5, 0.6) is 0 Å². The van der Waals surface area contributed by atoms with Gasteiger partial charge in [0.15, 0.2) is 31.2 Å². The Morgan fingerprint density at radius 3 is 1.55 bits per heavy atom. The van der Waals surface area contributed by atoms with E-state index in [9.17, 15) is 0 Å². The van der Waals surface area contributed by atoms with E-state index in [2.05, 4.69) is 114 Å². The van der Waals surface area contributed by atoms with Gasteiger partial charge in [-0.3, -0.25) is 0 Å². The lowest BCUT2D eigenvalue weighted by Crippen LogP contribution is -2.55. The summed E-state index contributed by atoms with van der Waals surface area (Å²) in [5.41, 5.74) is 1.12. The van der Waals surface area contributed by atoms with Crippen molar-refractivity contribution in [1.82, 2.24) is 0 Å². The van der Waals surface area contributed by atoms with Gasteiger partial charge in [0.1, 0.15) is 18.3 Å². The van der Waals surface area contributed by atoms with Crippen LogP contribution < -0.4 is 0 Å². The summed E-state index contributed by atoms with van der Waals surface area (Å²) in [5, 5.41) is 0.220. The van der Waals surface area contributed by atoms with Gasteiger partial charge in [0.25, 0.3) is 0 Å². The molecule has 0 spiro atoms. The van der Waals surface area contributed by atoms with E-state index in [4.69, 9.17) is 22.8 Å². The van der Waals surface area contributed by atoms with Gasteiger partial charge in [-0.15, -0.1) is 0 Å². The number of hydrogen-bond donors (Lipinski definition) is 0. The summed E-state index contributed by atoms with van der Waals surface area (Å²) < 4.78 is 34.2. The van der Waals surface area contributed by atoms with Gasteiger partial charge >= 0.3 is 0 Å². The molecule has 0 aliphatic carbocycles. The Morgan fingerprint density at radius 2 is 1.11 bits per heavy atom. The highest BCUT2D eigenvalue weighted by Crippen LogP contribution is 2.44. The Hall–Kier alpha value is -0.329.